The Hall–Kier alpha value is -2.87. The maximum atomic E-state index is 12.2. The highest BCUT2D eigenvalue weighted by Crippen LogP contribution is 2.28. The number of hydrazine groups is 1. The van der Waals surface area contributed by atoms with E-state index in [-0.39, 0.29) is 18.7 Å². The van der Waals surface area contributed by atoms with E-state index in [4.69, 9.17) is 4.74 Å². The highest BCUT2D eigenvalue weighted by molar-refractivity contribution is 9.10. The molecule has 3 N–H and O–H groups in total. The summed E-state index contributed by atoms with van der Waals surface area (Å²) in [4.78, 5) is 36.3. The lowest BCUT2D eigenvalue weighted by atomic mass is 10.1. The molecule has 0 bridgehead atoms. The number of benzene rings is 2. The van der Waals surface area contributed by atoms with E-state index in [0.717, 1.165) is 26.7 Å². The van der Waals surface area contributed by atoms with Crippen LogP contribution in [0.15, 0.2) is 34.8 Å². The smallest absolute Gasteiger partial charge is 0.279 e. The maximum Gasteiger partial charge on any atom is 0.279 e. The van der Waals surface area contributed by atoms with Crippen LogP contribution < -0.4 is 20.9 Å². The SMILES string of the molecule is Cc1ccc(NC(=O)CCC(=O)NNC(=O)C(C)Oc2c(C)cc(Br)cc2C)c(C)c1. The molecule has 1 atom stereocenters. The molecule has 8 heteroatoms. The van der Waals surface area contributed by atoms with Crippen LogP contribution in [-0.2, 0) is 14.4 Å². The maximum absolute atomic E-state index is 12.2. The molecule has 0 saturated heterocycles. The Kier molecular flexibility index (Phi) is 8.62. The van der Waals surface area contributed by atoms with Gasteiger partial charge in [0.1, 0.15) is 5.75 Å². The lowest BCUT2D eigenvalue weighted by molar-refractivity contribution is -0.133. The number of carbonyl (C=O) groups excluding carboxylic acids is 3. The van der Waals surface area contributed by atoms with Crippen molar-refractivity contribution in [3.8, 4) is 5.75 Å². The molecule has 1 unspecified atom stereocenters. The third kappa shape index (κ3) is 7.40. The number of anilines is 1. The molecular weight excluding hydrogens is 462 g/mol. The number of carbonyl (C=O) groups is 3. The second-order valence-corrected chi connectivity index (χ2v) is 8.45. The fourth-order valence-electron chi connectivity index (χ4n) is 3.00. The molecule has 0 aliphatic heterocycles. The average Bonchev–Trinajstić information content (AvgIpc) is 2.69. The minimum atomic E-state index is -0.813. The zero-order valence-corrected chi connectivity index (χ0v) is 20.0. The van der Waals surface area contributed by atoms with Crippen LogP contribution in [0.5, 0.6) is 5.75 Å². The van der Waals surface area contributed by atoms with Gasteiger partial charge in [0.25, 0.3) is 5.91 Å². The van der Waals surface area contributed by atoms with Gasteiger partial charge in [-0.3, -0.25) is 25.2 Å². The first-order valence-electron chi connectivity index (χ1n) is 9.96. The second-order valence-electron chi connectivity index (χ2n) is 7.53. The number of amides is 3. The Morgan fingerprint density at radius 1 is 0.903 bits per heavy atom. The van der Waals surface area contributed by atoms with Crippen LogP contribution in [0.25, 0.3) is 0 Å². The van der Waals surface area contributed by atoms with Crippen LogP contribution in [0.3, 0.4) is 0 Å². The molecule has 2 aromatic rings. The third-order valence-corrected chi connectivity index (χ3v) is 5.11. The Morgan fingerprint density at radius 2 is 1.52 bits per heavy atom. The molecule has 166 valence electrons. The van der Waals surface area contributed by atoms with Crippen molar-refractivity contribution in [1.29, 1.82) is 0 Å². The van der Waals surface area contributed by atoms with E-state index in [1.165, 1.54) is 0 Å². The van der Waals surface area contributed by atoms with Crippen molar-refractivity contribution in [3.63, 3.8) is 0 Å². The standard InChI is InChI=1S/C23H28BrN3O4/c1-13-6-7-19(14(2)10-13)25-20(28)8-9-21(29)26-27-23(30)17(5)31-22-15(3)11-18(24)12-16(22)4/h6-7,10-12,17H,8-9H2,1-5H3,(H,25,28)(H,26,29)(H,27,30). The highest BCUT2D eigenvalue weighted by Gasteiger charge is 2.18. The van der Waals surface area contributed by atoms with Crippen LogP contribution in [0.4, 0.5) is 5.69 Å². The van der Waals surface area contributed by atoms with Gasteiger partial charge in [-0.25, -0.2) is 0 Å². The molecule has 3 amide bonds. The van der Waals surface area contributed by atoms with E-state index in [1.807, 2.05) is 58.0 Å². The molecule has 0 radical (unpaired) electrons. The van der Waals surface area contributed by atoms with E-state index in [1.54, 1.807) is 6.92 Å². The number of ether oxygens (including phenoxy) is 1. The molecule has 0 fully saturated rings. The first kappa shape index (κ1) is 24.4. The van der Waals surface area contributed by atoms with Gasteiger partial charge >= 0.3 is 0 Å². The summed E-state index contributed by atoms with van der Waals surface area (Å²) in [5.74, 6) is -0.603. The Bertz CT molecular complexity index is 968. The summed E-state index contributed by atoms with van der Waals surface area (Å²) in [7, 11) is 0. The van der Waals surface area contributed by atoms with Gasteiger partial charge in [0, 0.05) is 23.0 Å². The van der Waals surface area contributed by atoms with E-state index in [2.05, 4.69) is 32.1 Å². The van der Waals surface area contributed by atoms with Crippen molar-refractivity contribution in [3.05, 3.63) is 57.1 Å². The first-order chi connectivity index (χ1) is 14.6. The van der Waals surface area contributed by atoms with Gasteiger partial charge in [0.15, 0.2) is 6.10 Å². The van der Waals surface area contributed by atoms with Gasteiger partial charge < -0.3 is 10.1 Å². The largest absolute Gasteiger partial charge is 0.480 e. The summed E-state index contributed by atoms with van der Waals surface area (Å²) >= 11 is 3.42. The Balaban J connectivity index is 1.77. The van der Waals surface area contributed by atoms with Crippen LogP contribution in [0.2, 0.25) is 0 Å². The zero-order valence-electron chi connectivity index (χ0n) is 18.4. The van der Waals surface area contributed by atoms with Gasteiger partial charge in [0.05, 0.1) is 0 Å². The van der Waals surface area contributed by atoms with E-state index in [9.17, 15) is 14.4 Å². The summed E-state index contributed by atoms with van der Waals surface area (Å²) in [5, 5.41) is 2.79. The number of aryl methyl sites for hydroxylation is 4. The lowest BCUT2D eigenvalue weighted by Gasteiger charge is -2.18. The van der Waals surface area contributed by atoms with Crippen LogP contribution in [0, 0.1) is 27.7 Å². The fraction of sp³-hybridized carbons (Fsp3) is 0.348. The number of nitrogens with one attached hydrogen (secondary N) is 3. The summed E-state index contributed by atoms with van der Waals surface area (Å²) in [6.45, 7) is 9.26. The number of rotatable bonds is 7. The normalized spacial score (nSPS) is 11.4. The summed E-state index contributed by atoms with van der Waals surface area (Å²) in [6.07, 6.45) is -0.873. The molecule has 31 heavy (non-hydrogen) atoms. The zero-order chi connectivity index (χ0) is 23.1. The monoisotopic (exact) mass is 489 g/mol. The van der Waals surface area contributed by atoms with E-state index in [0.29, 0.717) is 11.4 Å². The van der Waals surface area contributed by atoms with Gasteiger partial charge in [-0.05, 0) is 69.5 Å². The predicted molar refractivity (Wildman–Crippen MR) is 124 cm³/mol. The number of hydrogen-bond acceptors (Lipinski definition) is 4. The Morgan fingerprint density at radius 3 is 2.13 bits per heavy atom. The molecule has 7 nitrogen and oxygen atoms in total. The van der Waals surface area contributed by atoms with Crippen LogP contribution >= 0.6 is 15.9 Å². The second kappa shape index (κ2) is 10.9. The van der Waals surface area contributed by atoms with Crippen molar-refractivity contribution >= 4 is 39.3 Å². The van der Waals surface area contributed by atoms with E-state index >= 15 is 0 Å². The van der Waals surface area contributed by atoms with Crippen molar-refractivity contribution in [2.45, 2.75) is 53.6 Å². The molecule has 0 saturated carbocycles. The number of halogens is 1. The molecular formula is C23H28BrN3O4. The summed E-state index contributed by atoms with van der Waals surface area (Å²) < 4.78 is 6.69. The highest BCUT2D eigenvalue weighted by atomic mass is 79.9. The summed E-state index contributed by atoms with van der Waals surface area (Å²) in [6, 6.07) is 9.51. The quantitative estimate of drug-likeness (QED) is 0.511. The minimum Gasteiger partial charge on any atom is -0.480 e. The predicted octanol–water partition coefficient (Wildman–Crippen LogP) is 4.02. The third-order valence-electron chi connectivity index (χ3n) is 4.65. The van der Waals surface area contributed by atoms with Crippen molar-refractivity contribution in [2.75, 3.05) is 5.32 Å². The summed E-state index contributed by atoms with van der Waals surface area (Å²) in [5.41, 5.74) is 9.22. The molecule has 0 spiro atoms. The van der Waals surface area contributed by atoms with Gasteiger partial charge in [0.2, 0.25) is 11.8 Å². The molecule has 2 rings (SSSR count). The molecule has 0 aliphatic carbocycles. The van der Waals surface area contributed by atoms with Crippen molar-refractivity contribution < 1.29 is 19.1 Å². The van der Waals surface area contributed by atoms with Gasteiger partial charge in [-0.15, -0.1) is 0 Å². The first-order valence-corrected chi connectivity index (χ1v) is 10.8. The topological polar surface area (TPSA) is 96.5 Å². The number of hydrogen-bond donors (Lipinski definition) is 3. The van der Waals surface area contributed by atoms with Crippen molar-refractivity contribution in [2.24, 2.45) is 0 Å². The molecule has 2 aromatic carbocycles. The molecule has 0 heterocycles. The fourth-order valence-corrected chi connectivity index (χ4v) is 3.69. The molecule has 0 aliphatic rings. The van der Waals surface area contributed by atoms with Crippen LogP contribution in [-0.4, -0.2) is 23.8 Å². The van der Waals surface area contributed by atoms with Gasteiger partial charge in [-0.1, -0.05) is 33.6 Å². The average molecular weight is 490 g/mol. The minimum absolute atomic E-state index is 0.00163. The van der Waals surface area contributed by atoms with Crippen molar-refractivity contribution in [1.82, 2.24) is 10.9 Å². The van der Waals surface area contributed by atoms with Gasteiger partial charge in [-0.2, -0.15) is 0 Å². The Labute approximate surface area is 191 Å². The van der Waals surface area contributed by atoms with Crippen LogP contribution in [0.1, 0.15) is 42.0 Å². The molecule has 0 aromatic heterocycles. The lowest BCUT2D eigenvalue weighted by Crippen LogP contribution is -2.47. The van der Waals surface area contributed by atoms with E-state index < -0.39 is 17.9 Å².